The van der Waals surface area contributed by atoms with Crippen LogP contribution in [0.2, 0.25) is 0 Å². The molecule has 0 fully saturated rings. The maximum absolute atomic E-state index is 5.67. The van der Waals surface area contributed by atoms with Gasteiger partial charge in [-0.25, -0.2) is 0 Å². The molecule has 0 radical (unpaired) electrons. The minimum atomic E-state index is 0.346. The van der Waals surface area contributed by atoms with Crippen molar-refractivity contribution >= 4 is 15.9 Å². The molecule has 90 valence electrons. The summed E-state index contributed by atoms with van der Waals surface area (Å²) in [5, 5.41) is 0. The Morgan fingerprint density at radius 2 is 2.25 bits per heavy atom. The number of rotatable bonds is 7. The zero-order valence-corrected chi connectivity index (χ0v) is 11.1. The third kappa shape index (κ3) is 4.96. The van der Waals surface area contributed by atoms with Gasteiger partial charge in [0.15, 0.2) is 0 Å². The topological polar surface area (TPSA) is 44.5 Å². The number of nitrogens with two attached hydrogens (primary N) is 1. The van der Waals surface area contributed by atoms with Crippen molar-refractivity contribution in [3.63, 3.8) is 0 Å². The SMILES string of the molecule is COCCC(CN)COc1cccc(Br)c1. The van der Waals surface area contributed by atoms with Crippen molar-refractivity contribution in [1.82, 2.24) is 0 Å². The van der Waals surface area contributed by atoms with Crippen LogP contribution < -0.4 is 10.5 Å². The molecular weight excluding hydrogens is 270 g/mol. The average Bonchev–Trinajstić information content (AvgIpc) is 2.29. The van der Waals surface area contributed by atoms with Crippen LogP contribution in [0.3, 0.4) is 0 Å². The monoisotopic (exact) mass is 287 g/mol. The van der Waals surface area contributed by atoms with Crippen LogP contribution in [0.4, 0.5) is 0 Å². The number of ether oxygens (including phenoxy) is 2. The Balaban J connectivity index is 2.37. The molecule has 0 amide bonds. The molecule has 0 bridgehead atoms. The number of benzene rings is 1. The maximum Gasteiger partial charge on any atom is 0.120 e. The number of halogens is 1. The Hall–Kier alpha value is -0.580. The Bertz CT molecular complexity index is 307. The van der Waals surface area contributed by atoms with Crippen molar-refractivity contribution in [2.75, 3.05) is 26.9 Å². The van der Waals surface area contributed by atoms with Crippen LogP contribution in [0.15, 0.2) is 28.7 Å². The molecule has 0 saturated carbocycles. The highest BCUT2D eigenvalue weighted by atomic mass is 79.9. The Morgan fingerprint density at radius 3 is 2.88 bits per heavy atom. The molecule has 3 nitrogen and oxygen atoms in total. The van der Waals surface area contributed by atoms with E-state index in [9.17, 15) is 0 Å². The molecule has 0 aromatic heterocycles. The predicted molar refractivity (Wildman–Crippen MR) is 68.7 cm³/mol. The van der Waals surface area contributed by atoms with Gasteiger partial charge < -0.3 is 15.2 Å². The number of hydrogen-bond donors (Lipinski definition) is 1. The molecule has 0 aliphatic heterocycles. The van der Waals surface area contributed by atoms with Crippen molar-refractivity contribution in [2.45, 2.75) is 6.42 Å². The molecule has 0 saturated heterocycles. The maximum atomic E-state index is 5.67. The predicted octanol–water partition coefficient (Wildman–Crippen LogP) is 2.44. The summed E-state index contributed by atoms with van der Waals surface area (Å²) in [6.07, 6.45) is 0.932. The fourth-order valence-corrected chi connectivity index (χ4v) is 1.70. The van der Waals surface area contributed by atoms with Gasteiger partial charge in [-0.1, -0.05) is 22.0 Å². The normalized spacial score (nSPS) is 12.4. The Morgan fingerprint density at radius 1 is 1.44 bits per heavy atom. The van der Waals surface area contributed by atoms with E-state index in [2.05, 4.69) is 15.9 Å². The zero-order chi connectivity index (χ0) is 11.8. The standard InChI is InChI=1S/C12H18BrNO2/c1-15-6-5-10(8-14)9-16-12-4-2-3-11(13)7-12/h2-4,7,10H,5-6,8-9,14H2,1H3. The third-order valence-corrected chi connectivity index (χ3v) is 2.84. The lowest BCUT2D eigenvalue weighted by Crippen LogP contribution is -2.22. The van der Waals surface area contributed by atoms with Crippen LogP contribution in [0, 0.1) is 5.92 Å². The second-order valence-electron chi connectivity index (χ2n) is 3.65. The van der Waals surface area contributed by atoms with Crippen LogP contribution in [0.5, 0.6) is 5.75 Å². The summed E-state index contributed by atoms with van der Waals surface area (Å²) in [4.78, 5) is 0. The van der Waals surface area contributed by atoms with Gasteiger partial charge in [-0.15, -0.1) is 0 Å². The molecule has 0 spiro atoms. The lowest BCUT2D eigenvalue weighted by atomic mass is 10.1. The number of methoxy groups -OCH3 is 1. The van der Waals surface area contributed by atoms with E-state index in [1.54, 1.807) is 7.11 Å². The van der Waals surface area contributed by atoms with E-state index in [0.29, 0.717) is 19.1 Å². The largest absolute Gasteiger partial charge is 0.493 e. The van der Waals surface area contributed by atoms with Gasteiger partial charge in [0.05, 0.1) is 6.61 Å². The minimum Gasteiger partial charge on any atom is -0.493 e. The van der Waals surface area contributed by atoms with Gasteiger partial charge in [-0.3, -0.25) is 0 Å². The molecule has 1 unspecified atom stereocenters. The van der Waals surface area contributed by atoms with E-state index in [0.717, 1.165) is 23.2 Å². The van der Waals surface area contributed by atoms with E-state index >= 15 is 0 Å². The summed E-state index contributed by atoms with van der Waals surface area (Å²) in [5.41, 5.74) is 5.66. The quantitative estimate of drug-likeness (QED) is 0.838. The second-order valence-corrected chi connectivity index (χ2v) is 4.57. The van der Waals surface area contributed by atoms with Gasteiger partial charge in [-0.2, -0.15) is 0 Å². The van der Waals surface area contributed by atoms with Gasteiger partial charge in [-0.05, 0) is 31.2 Å². The van der Waals surface area contributed by atoms with Gasteiger partial charge >= 0.3 is 0 Å². The summed E-state index contributed by atoms with van der Waals surface area (Å²) >= 11 is 3.40. The average molecular weight is 288 g/mol. The zero-order valence-electron chi connectivity index (χ0n) is 9.49. The second kappa shape index (κ2) is 7.65. The molecule has 2 N–H and O–H groups in total. The van der Waals surface area contributed by atoms with E-state index in [1.807, 2.05) is 24.3 Å². The van der Waals surface area contributed by atoms with Crippen molar-refractivity contribution < 1.29 is 9.47 Å². The van der Waals surface area contributed by atoms with Crippen LogP contribution in [-0.4, -0.2) is 26.9 Å². The smallest absolute Gasteiger partial charge is 0.120 e. The first-order valence-corrected chi connectivity index (χ1v) is 6.13. The van der Waals surface area contributed by atoms with Gasteiger partial charge in [0.25, 0.3) is 0 Å². The molecule has 1 atom stereocenters. The minimum absolute atomic E-state index is 0.346. The lowest BCUT2D eigenvalue weighted by molar-refractivity contribution is 0.157. The molecule has 4 heteroatoms. The Kier molecular flexibility index (Phi) is 6.45. The summed E-state index contributed by atoms with van der Waals surface area (Å²) in [6, 6.07) is 7.81. The summed E-state index contributed by atoms with van der Waals surface area (Å²) in [5.74, 6) is 1.21. The molecule has 0 heterocycles. The summed E-state index contributed by atoms with van der Waals surface area (Å²) in [7, 11) is 1.70. The first-order chi connectivity index (χ1) is 7.76. The molecule has 0 aliphatic carbocycles. The fourth-order valence-electron chi connectivity index (χ4n) is 1.32. The van der Waals surface area contributed by atoms with Crippen molar-refractivity contribution in [1.29, 1.82) is 0 Å². The van der Waals surface area contributed by atoms with Crippen LogP contribution >= 0.6 is 15.9 Å². The van der Waals surface area contributed by atoms with E-state index in [1.165, 1.54) is 0 Å². The highest BCUT2D eigenvalue weighted by Gasteiger charge is 2.07. The van der Waals surface area contributed by atoms with Crippen LogP contribution in [0.25, 0.3) is 0 Å². The van der Waals surface area contributed by atoms with Gasteiger partial charge in [0, 0.05) is 24.1 Å². The molecular formula is C12H18BrNO2. The molecule has 1 aromatic rings. The first-order valence-electron chi connectivity index (χ1n) is 5.33. The van der Waals surface area contributed by atoms with Crippen molar-refractivity contribution in [2.24, 2.45) is 11.7 Å². The number of hydrogen-bond acceptors (Lipinski definition) is 3. The fraction of sp³-hybridized carbons (Fsp3) is 0.500. The van der Waals surface area contributed by atoms with Crippen LogP contribution in [0.1, 0.15) is 6.42 Å². The van der Waals surface area contributed by atoms with E-state index < -0.39 is 0 Å². The molecule has 0 aliphatic rings. The van der Waals surface area contributed by atoms with Crippen molar-refractivity contribution in [3.8, 4) is 5.75 Å². The molecule has 1 aromatic carbocycles. The Labute approximate surface area is 105 Å². The highest BCUT2D eigenvalue weighted by molar-refractivity contribution is 9.10. The third-order valence-electron chi connectivity index (χ3n) is 2.35. The van der Waals surface area contributed by atoms with E-state index in [4.69, 9.17) is 15.2 Å². The summed E-state index contributed by atoms with van der Waals surface area (Å²) < 4.78 is 11.7. The molecule has 16 heavy (non-hydrogen) atoms. The van der Waals surface area contributed by atoms with Gasteiger partial charge in [0.1, 0.15) is 5.75 Å². The first kappa shape index (κ1) is 13.5. The lowest BCUT2D eigenvalue weighted by Gasteiger charge is -2.15. The van der Waals surface area contributed by atoms with Crippen molar-refractivity contribution in [3.05, 3.63) is 28.7 Å². The molecule has 1 rings (SSSR count). The highest BCUT2D eigenvalue weighted by Crippen LogP contribution is 2.18. The summed E-state index contributed by atoms with van der Waals surface area (Å²) in [6.45, 7) is 1.98. The van der Waals surface area contributed by atoms with E-state index in [-0.39, 0.29) is 0 Å². The van der Waals surface area contributed by atoms with Crippen LogP contribution in [-0.2, 0) is 4.74 Å². The van der Waals surface area contributed by atoms with Gasteiger partial charge in [0.2, 0.25) is 0 Å².